The Balaban J connectivity index is 1.34. The molecule has 1 saturated carbocycles. The van der Waals surface area contributed by atoms with E-state index in [1.54, 1.807) is 30.3 Å². The number of fused-ring (bicyclic) bond motifs is 1. The molecule has 2 atom stereocenters. The van der Waals surface area contributed by atoms with Crippen LogP contribution in [0.1, 0.15) is 19.3 Å². The van der Waals surface area contributed by atoms with E-state index in [0.717, 1.165) is 17.7 Å². The van der Waals surface area contributed by atoms with Gasteiger partial charge in [0.1, 0.15) is 0 Å². The van der Waals surface area contributed by atoms with Crippen molar-refractivity contribution < 1.29 is 22.7 Å². The number of nitriles is 1. The number of rotatable bonds is 7. The molecule has 0 bridgehead atoms. The molecule has 2 aromatic heterocycles. The molecule has 1 aliphatic carbocycles. The number of aromatic nitrogens is 4. The van der Waals surface area contributed by atoms with Crippen LogP contribution in [-0.4, -0.2) is 65.9 Å². The summed E-state index contributed by atoms with van der Waals surface area (Å²) in [6, 6.07) is 14.3. The van der Waals surface area contributed by atoms with Gasteiger partial charge in [0.15, 0.2) is 0 Å². The number of benzene rings is 2. The molecule has 1 unspecified atom stereocenters. The van der Waals surface area contributed by atoms with Gasteiger partial charge in [-0.25, -0.2) is 0 Å². The van der Waals surface area contributed by atoms with Gasteiger partial charge < -0.3 is 0 Å². The first-order valence-electron chi connectivity index (χ1n) is 13.0. The predicted octanol–water partition coefficient (Wildman–Crippen LogP) is 3.78. The van der Waals surface area contributed by atoms with Crippen LogP contribution in [0.2, 0.25) is 0 Å². The second-order valence-corrected chi connectivity index (χ2v) is 11.4. The third-order valence-electron chi connectivity index (χ3n) is 7.13. The molecule has 2 fully saturated rings. The van der Waals surface area contributed by atoms with Crippen LogP contribution in [-0.2, 0) is 11.3 Å². The van der Waals surface area contributed by atoms with Crippen molar-refractivity contribution in [3.05, 3.63) is 72.3 Å². The fraction of sp³-hybridized carbons (Fsp3) is 0.276. The molecule has 6 rings (SSSR count). The summed E-state index contributed by atoms with van der Waals surface area (Å²) in [4.78, 5) is 22.8. The Morgan fingerprint density at radius 2 is 1.95 bits per heavy atom. The normalized spacial score (nSPS) is 18.5. The van der Waals surface area contributed by atoms with E-state index in [1.165, 1.54) is 33.9 Å². The second-order valence-electron chi connectivity index (χ2n) is 10.2. The summed E-state index contributed by atoms with van der Waals surface area (Å²) >= 11 is 1.18. The van der Waals surface area contributed by atoms with Crippen molar-refractivity contribution in [3.63, 3.8) is 0 Å². The van der Waals surface area contributed by atoms with Crippen LogP contribution < -0.4 is 9.22 Å². The molecule has 1 saturated heterocycles. The molecule has 4 aromatic rings. The van der Waals surface area contributed by atoms with Crippen LogP contribution in [0.3, 0.4) is 0 Å². The molecule has 208 valence electrons. The quantitative estimate of drug-likeness (QED) is 0.177. The van der Waals surface area contributed by atoms with Crippen LogP contribution in [0.4, 0.5) is 13.2 Å². The van der Waals surface area contributed by atoms with Gasteiger partial charge in [0.2, 0.25) is 0 Å². The summed E-state index contributed by atoms with van der Waals surface area (Å²) in [5.74, 6) is -3.44. The van der Waals surface area contributed by atoms with E-state index in [4.69, 9.17) is 4.74 Å². The number of likely N-dealkylation sites (tertiary alicyclic amines) is 1. The molecular formula is C29H24AsF3N6O2. The first-order valence-corrected chi connectivity index (χ1v) is 14.2. The van der Waals surface area contributed by atoms with Gasteiger partial charge in [-0.3, -0.25) is 0 Å². The van der Waals surface area contributed by atoms with E-state index in [0.29, 0.717) is 27.0 Å². The number of alkyl halides is 2. The third-order valence-corrected chi connectivity index (χ3v) is 8.05. The first-order chi connectivity index (χ1) is 19.7. The number of amides is 1. The fourth-order valence-corrected chi connectivity index (χ4v) is 5.73. The molecule has 41 heavy (non-hydrogen) atoms. The molecular weight excluding hydrogens is 596 g/mol. The summed E-state index contributed by atoms with van der Waals surface area (Å²) in [7, 11) is 0. The SMILES string of the molecule is N#C/C(=C\C1CC1)C(=O)N1CC(F)(F)C[C@H]1Cn1nc(-c2ccc(Oc3ccccc3)cc2F)c2c([AsH2])ncnc21. The summed E-state index contributed by atoms with van der Waals surface area (Å²) in [6.45, 7) is -0.902. The molecule has 1 aliphatic heterocycles. The third kappa shape index (κ3) is 5.57. The number of ether oxygens (including phenoxy) is 1. The predicted molar refractivity (Wildman–Crippen MR) is 147 cm³/mol. The monoisotopic (exact) mass is 620 g/mol. The maximum absolute atomic E-state index is 15.5. The van der Waals surface area contributed by atoms with Crippen molar-refractivity contribution in [3.8, 4) is 28.8 Å². The molecule has 8 nitrogen and oxygen atoms in total. The summed E-state index contributed by atoms with van der Waals surface area (Å²) in [5, 5.41) is 14.6. The van der Waals surface area contributed by atoms with Gasteiger partial charge in [-0.05, 0) is 0 Å². The number of para-hydroxylation sites is 1. The Kier molecular flexibility index (Phi) is 7.04. The van der Waals surface area contributed by atoms with Gasteiger partial charge >= 0.3 is 242 Å². The van der Waals surface area contributed by atoms with Gasteiger partial charge in [0.25, 0.3) is 0 Å². The van der Waals surface area contributed by atoms with Crippen molar-refractivity contribution in [2.45, 2.75) is 37.8 Å². The molecule has 2 aliphatic rings. The summed E-state index contributed by atoms with van der Waals surface area (Å²) < 4.78 is 52.5. The standard InChI is InChI=1S/C29H24AsF3N6O2/c30-26-24-25(22-9-8-21(11-23(22)31)41-20-4-2-1-3-5-20)37-39(27(24)36-16-35-26)14-19-12-29(32,33)15-38(19)28(40)18(13-34)10-17-6-7-17/h1-5,8-11,16-17,19H,6-7,12,14-15,30H2/b18-10+/t19-/m0/s1. The number of allylic oxidation sites excluding steroid dienone is 1. The van der Waals surface area contributed by atoms with Crippen LogP contribution in [0.15, 0.2) is 66.5 Å². The van der Waals surface area contributed by atoms with Gasteiger partial charge in [-0.2, -0.15) is 0 Å². The Bertz CT molecular complexity index is 1720. The number of halogens is 3. The molecule has 0 spiro atoms. The first kappa shape index (κ1) is 27.0. The van der Waals surface area contributed by atoms with Crippen molar-refractivity contribution >= 4 is 38.3 Å². The summed E-state index contributed by atoms with van der Waals surface area (Å²) in [5.41, 5.74) is 0.654. The maximum atomic E-state index is 15.5. The zero-order valence-corrected chi connectivity index (χ0v) is 24.1. The fourth-order valence-electron chi connectivity index (χ4n) is 5.03. The summed E-state index contributed by atoms with van der Waals surface area (Å²) in [6.07, 6.45) is 4.06. The topological polar surface area (TPSA) is 96.9 Å². The van der Waals surface area contributed by atoms with Crippen molar-refractivity contribution in [2.24, 2.45) is 5.92 Å². The average Bonchev–Trinajstić information content (AvgIpc) is 3.62. The van der Waals surface area contributed by atoms with Gasteiger partial charge in [0, 0.05) is 0 Å². The number of hydrogen-bond acceptors (Lipinski definition) is 6. The van der Waals surface area contributed by atoms with Crippen molar-refractivity contribution in [1.82, 2.24) is 24.6 Å². The molecule has 12 heteroatoms. The van der Waals surface area contributed by atoms with E-state index < -0.39 is 36.7 Å². The Morgan fingerprint density at radius 3 is 2.66 bits per heavy atom. The van der Waals surface area contributed by atoms with Crippen molar-refractivity contribution in [1.29, 1.82) is 5.26 Å². The van der Waals surface area contributed by atoms with Crippen LogP contribution >= 0.6 is 0 Å². The zero-order valence-electron chi connectivity index (χ0n) is 21.7. The van der Waals surface area contributed by atoms with Gasteiger partial charge in [-0.15, -0.1) is 0 Å². The van der Waals surface area contributed by atoms with E-state index in [2.05, 4.69) is 15.1 Å². The molecule has 2 aromatic carbocycles. The van der Waals surface area contributed by atoms with Crippen LogP contribution in [0.25, 0.3) is 22.3 Å². The zero-order chi connectivity index (χ0) is 28.7. The Morgan fingerprint density at radius 1 is 1.17 bits per heavy atom. The van der Waals surface area contributed by atoms with E-state index in [1.807, 2.05) is 24.3 Å². The van der Waals surface area contributed by atoms with E-state index >= 15 is 4.39 Å². The molecule has 3 heterocycles. The van der Waals surface area contributed by atoms with Gasteiger partial charge in [-0.1, -0.05) is 0 Å². The number of carbonyl (C=O) groups excluding carboxylic acids is 1. The second kappa shape index (κ2) is 10.7. The van der Waals surface area contributed by atoms with Gasteiger partial charge in [0.05, 0.1) is 0 Å². The average molecular weight is 620 g/mol. The minimum atomic E-state index is -3.12. The minimum absolute atomic E-state index is 0.111. The Hall–Kier alpha value is -4.16. The van der Waals surface area contributed by atoms with E-state index in [-0.39, 0.29) is 29.3 Å². The number of carbonyl (C=O) groups is 1. The molecule has 1 amide bonds. The number of nitrogens with zero attached hydrogens (tertiary/aromatic N) is 6. The van der Waals surface area contributed by atoms with Crippen molar-refractivity contribution in [2.75, 3.05) is 6.54 Å². The molecule has 0 radical (unpaired) electrons. The van der Waals surface area contributed by atoms with Crippen LogP contribution in [0, 0.1) is 23.1 Å². The Labute approximate surface area is 241 Å². The number of hydrogen-bond donors (Lipinski definition) is 0. The molecule has 0 N–H and O–H groups in total. The van der Waals surface area contributed by atoms with Crippen LogP contribution in [0.5, 0.6) is 11.5 Å². The van der Waals surface area contributed by atoms with E-state index in [9.17, 15) is 18.8 Å².